The van der Waals surface area contributed by atoms with E-state index in [0.29, 0.717) is 5.92 Å². The topological polar surface area (TPSA) is 88.4 Å². The number of carboxylic acid groups (broad SMARTS) is 1. The molecular formula is C28H36N4O3. The summed E-state index contributed by atoms with van der Waals surface area (Å²) in [6.07, 6.45) is 13.1. The minimum atomic E-state index is -0.681. The molecule has 35 heavy (non-hydrogen) atoms. The Labute approximate surface area is 207 Å². The van der Waals surface area contributed by atoms with Crippen LogP contribution in [0.3, 0.4) is 0 Å². The van der Waals surface area contributed by atoms with Crippen molar-refractivity contribution < 1.29 is 14.6 Å². The van der Waals surface area contributed by atoms with Crippen LogP contribution >= 0.6 is 0 Å². The van der Waals surface area contributed by atoms with Gasteiger partial charge in [0.25, 0.3) is 0 Å². The van der Waals surface area contributed by atoms with Gasteiger partial charge in [-0.3, -0.25) is 9.78 Å². The van der Waals surface area contributed by atoms with E-state index in [-0.39, 0.29) is 12.3 Å². The second-order valence-electron chi connectivity index (χ2n) is 9.66. The molecule has 1 saturated heterocycles. The van der Waals surface area contributed by atoms with Crippen molar-refractivity contribution in [1.82, 2.24) is 20.1 Å². The first-order valence-corrected chi connectivity index (χ1v) is 12.7. The Balaban J connectivity index is 1.27. The summed E-state index contributed by atoms with van der Waals surface area (Å²) in [5.74, 6) is 0.852. The Morgan fingerprint density at radius 3 is 2.80 bits per heavy atom. The van der Waals surface area contributed by atoms with Crippen molar-refractivity contribution in [2.75, 3.05) is 26.7 Å². The van der Waals surface area contributed by atoms with Crippen LogP contribution in [0.25, 0.3) is 10.9 Å². The van der Waals surface area contributed by atoms with Gasteiger partial charge >= 0.3 is 5.97 Å². The number of fused-ring (bicyclic) bond motifs is 1. The van der Waals surface area contributed by atoms with Crippen molar-refractivity contribution in [2.45, 2.75) is 51.4 Å². The van der Waals surface area contributed by atoms with E-state index in [2.05, 4.69) is 32.2 Å². The summed E-state index contributed by atoms with van der Waals surface area (Å²) in [4.78, 5) is 18.5. The van der Waals surface area contributed by atoms with Crippen molar-refractivity contribution in [3.05, 3.63) is 60.0 Å². The lowest BCUT2D eigenvalue weighted by Gasteiger charge is -2.38. The van der Waals surface area contributed by atoms with Gasteiger partial charge in [0, 0.05) is 30.7 Å². The average molecular weight is 477 g/mol. The molecule has 3 heterocycles. The summed E-state index contributed by atoms with van der Waals surface area (Å²) in [5.41, 5.74) is 3.49. The van der Waals surface area contributed by atoms with Gasteiger partial charge in [0.1, 0.15) is 5.75 Å². The van der Waals surface area contributed by atoms with Crippen LogP contribution in [0.2, 0.25) is 0 Å². The standard InChI is InChI=1S/C28H36N4O3/c1-35-25-8-9-27-26(18-25)23(11-13-29-27)7-4-6-22-12-16-32(20-24(22)17-28(33)34)15-3-2-5-21-10-14-30-31-19-21/h8-11,13-14,18-19,22,24H,2-7,12,15-17,20H2,1H3,(H,33,34)/t22-,24+/m1/s1. The van der Waals surface area contributed by atoms with E-state index in [1.165, 1.54) is 11.1 Å². The summed E-state index contributed by atoms with van der Waals surface area (Å²) in [5, 5.41) is 18.4. The number of hydrogen-bond donors (Lipinski definition) is 1. The number of likely N-dealkylation sites (tertiary alicyclic amines) is 1. The molecule has 1 N–H and O–H groups in total. The molecule has 0 radical (unpaired) electrons. The fraction of sp³-hybridized carbons (Fsp3) is 0.500. The fourth-order valence-corrected chi connectivity index (χ4v) is 5.41. The van der Waals surface area contributed by atoms with E-state index in [1.54, 1.807) is 13.3 Å². The molecule has 2 aromatic heterocycles. The number of methoxy groups -OCH3 is 1. The lowest BCUT2D eigenvalue weighted by Crippen LogP contribution is -2.41. The van der Waals surface area contributed by atoms with Crippen LogP contribution in [0.5, 0.6) is 5.75 Å². The molecule has 1 aromatic carbocycles. The number of piperidine rings is 1. The molecule has 0 bridgehead atoms. The number of aromatic nitrogens is 3. The van der Waals surface area contributed by atoms with Crippen LogP contribution in [0.1, 0.15) is 49.7 Å². The summed E-state index contributed by atoms with van der Waals surface area (Å²) in [7, 11) is 1.69. The Morgan fingerprint density at radius 2 is 2.00 bits per heavy atom. The van der Waals surface area contributed by atoms with E-state index >= 15 is 0 Å². The quantitative estimate of drug-likeness (QED) is 0.376. The van der Waals surface area contributed by atoms with Crippen molar-refractivity contribution in [1.29, 1.82) is 0 Å². The zero-order chi connectivity index (χ0) is 24.5. The molecule has 1 aliphatic heterocycles. The number of benzene rings is 1. The molecule has 7 nitrogen and oxygen atoms in total. The monoisotopic (exact) mass is 476 g/mol. The summed E-state index contributed by atoms with van der Waals surface area (Å²) in [6, 6.07) is 10.1. The predicted octanol–water partition coefficient (Wildman–Crippen LogP) is 4.79. The highest BCUT2D eigenvalue weighted by atomic mass is 16.5. The highest BCUT2D eigenvalue weighted by Gasteiger charge is 2.30. The third-order valence-electron chi connectivity index (χ3n) is 7.31. The smallest absolute Gasteiger partial charge is 0.303 e. The van der Waals surface area contributed by atoms with E-state index in [9.17, 15) is 9.90 Å². The summed E-state index contributed by atoms with van der Waals surface area (Å²) < 4.78 is 5.40. The number of aliphatic carboxylic acids is 1. The van der Waals surface area contributed by atoms with Crippen LogP contribution in [0.15, 0.2) is 48.9 Å². The summed E-state index contributed by atoms with van der Waals surface area (Å²) in [6.45, 7) is 2.99. The number of rotatable bonds is 12. The van der Waals surface area contributed by atoms with Gasteiger partial charge in [-0.2, -0.15) is 10.2 Å². The molecule has 0 amide bonds. The van der Waals surface area contributed by atoms with E-state index < -0.39 is 5.97 Å². The van der Waals surface area contributed by atoms with Crippen molar-refractivity contribution in [3.8, 4) is 5.75 Å². The Kier molecular flexibility index (Phi) is 9.01. The number of hydrogen-bond acceptors (Lipinski definition) is 6. The number of aryl methyl sites for hydroxylation is 2. The zero-order valence-electron chi connectivity index (χ0n) is 20.6. The number of pyridine rings is 1. The molecule has 0 unspecified atom stereocenters. The molecule has 2 atom stereocenters. The van der Waals surface area contributed by atoms with Gasteiger partial charge in [-0.1, -0.05) is 0 Å². The molecule has 0 saturated carbocycles. The molecule has 3 aromatic rings. The van der Waals surface area contributed by atoms with E-state index in [1.807, 2.05) is 30.6 Å². The van der Waals surface area contributed by atoms with Crippen molar-refractivity contribution in [3.63, 3.8) is 0 Å². The van der Waals surface area contributed by atoms with Gasteiger partial charge in [-0.05, 0) is 111 Å². The highest BCUT2D eigenvalue weighted by Crippen LogP contribution is 2.32. The van der Waals surface area contributed by atoms with Gasteiger partial charge < -0.3 is 14.7 Å². The molecule has 1 fully saturated rings. The third kappa shape index (κ3) is 7.21. The minimum absolute atomic E-state index is 0.222. The van der Waals surface area contributed by atoms with Crippen LogP contribution in [0.4, 0.5) is 0 Å². The largest absolute Gasteiger partial charge is 0.497 e. The molecule has 7 heteroatoms. The number of nitrogens with zero attached hydrogens (tertiary/aromatic N) is 4. The molecule has 1 aliphatic rings. The minimum Gasteiger partial charge on any atom is -0.497 e. The molecule has 186 valence electrons. The number of unbranched alkanes of at least 4 members (excludes halogenated alkanes) is 1. The van der Waals surface area contributed by atoms with Crippen LogP contribution in [-0.2, 0) is 17.6 Å². The van der Waals surface area contributed by atoms with E-state index in [4.69, 9.17) is 4.74 Å². The normalized spacial score (nSPS) is 18.5. The lowest BCUT2D eigenvalue weighted by molar-refractivity contribution is -0.139. The molecule has 0 spiro atoms. The van der Waals surface area contributed by atoms with Gasteiger partial charge in [0.15, 0.2) is 0 Å². The number of ether oxygens (including phenoxy) is 1. The fourth-order valence-electron chi connectivity index (χ4n) is 5.41. The zero-order valence-corrected chi connectivity index (χ0v) is 20.6. The maximum absolute atomic E-state index is 11.6. The predicted molar refractivity (Wildman–Crippen MR) is 136 cm³/mol. The maximum Gasteiger partial charge on any atom is 0.303 e. The van der Waals surface area contributed by atoms with Gasteiger partial charge in [-0.25, -0.2) is 0 Å². The Hall–Kier alpha value is -3.06. The van der Waals surface area contributed by atoms with Crippen molar-refractivity contribution in [2.24, 2.45) is 11.8 Å². The van der Waals surface area contributed by atoms with Gasteiger partial charge in [-0.15, -0.1) is 0 Å². The third-order valence-corrected chi connectivity index (χ3v) is 7.31. The number of carbonyl (C=O) groups is 1. The Bertz CT molecular complexity index is 1090. The van der Waals surface area contributed by atoms with Crippen LogP contribution in [0, 0.1) is 11.8 Å². The second kappa shape index (κ2) is 12.6. The van der Waals surface area contributed by atoms with Gasteiger partial charge in [0.2, 0.25) is 0 Å². The average Bonchev–Trinajstić information content (AvgIpc) is 2.88. The lowest BCUT2D eigenvalue weighted by atomic mass is 9.79. The molecule has 4 rings (SSSR count). The van der Waals surface area contributed by atoms with Crippen LogP contribution in [-0.4, -0.2) is 57.9 Å². The van der Waals surface area contributed by atoms with E-state index in [0.717, 1.165) is 81.2 Å². The Morgan fingerprint density at radius 1 is 1.09 bits per heavy atom. The maximum atomic E-state index is 11.6. The van der Waals surface area contributed by atoms with Gasteiger partial charge in [0.05, 0.1) is 18.8 Å². The summed E-state index contributed by atoms with van der Waals surface area (Å²) >= 11 is 0. The first-order valence-electron chi connectivity index (χ1n) is 12.7. The number of carboxylic acids is 1. The van der Waals surface area contributed by atoms with Crippen LogP contribution < -0.4 is 4.74 Å². The molecule has 0 aliphatic carbocycles. The first-order chi connectivity index (χ1) is 17.1. The first kappa shape index (κ1) is 25.0. The second-order valence-corrected chi connectivity index (χ2v) is 9.66. The SMILES string of the molecule is COc1ccc2nccc(CCC[C@@H]3CCN(CCCCc4ccnnc4)C[C@@H]3CC(=O)O)c2c1. The highest BCUT2D eigenvalue weighted by molar-refractivity contribution is 5.83. The molecular weight excluding hydrogens is 440 g/mol. The van der Waals surface area contributed by atoms with Crippen molar-refractivity contribution >= 4 is 16.9 Å².